The van der Waals surface area contributed by atoms with Crippen LogP contribution in [0.4, 0.5) is 9.18 Å². The Kier molecular flexibility index (Phi) is 6.19. The van der Waals surface area contributed by atoms with Crippen LogP contribution in [0.5, 0.6) is 11.6 Å². The highest BCUT2D eigenvalue weighted by atomic mass is 19.1. The first kappa shape index (κ1) is 24.5. The number of hydrogen-bond donors (Lipinski definition) is 0. The molecule has 5 rings (SSSR count). The van der Waals surface area contributed by atoms with E-state index in [0.29, 0.717) is 36.4 Å². The number of amides is 1. The van der Waals surface area contributed by atoms with Crippen molar-refractivity contribution in [3.8, 4) is 11.6 Å². The number of rotatable bonds is 4. The predicted molar refractivity (Wildman–Crippen MR) is 136 cm³/mol. The predicted octanol–water partition coefficient (Wildman–Crippen LogP) is 6.27. The number of aryl methyl sites for hydroxylation is 1. The van der Waals surface area contributed by atoms with Crippen molar-refractivity contribution in [2.75, 3.05) is 0 Å². The summed E-state index contributed by atoms with van der Waals surface area (Å²) in [6, 6.07) is 13.8. The lowest BCUT2D eigenvalue weighted by Gasteiger charge is -2.24. The van der Waals surface area contributed by atoms with Gasteiger partial charge in [-0.05, 0) is 74.2 Å². The number of benzene rings is 2. The number of nitrogens with zero attached hydrogens (tertiary/aromatic N) is 2. The Morgan fingerprint density at radius 3 is 2.65 bits per heavy atom. The van der Waals surface area contributed by atoms with E-state index in [0.717, 1.165) is 27.6 Å². The van der Waals surface area contributed by atoms with Gasteiger partial charge in [0.2, 0.25) is 0 Å². The van der Waals surface area contributed by atoms with Gasteiger partial charge in [0.05, 0.1) is 0 Å². The van der Waals surface area contributed by atoms with Crippen LogP contribution in [0.15, 0.2) is 63.9 Å². The van der Waals surface area contributed by atoms with E-state index in [9.17, 15) is 14.0 Å². The quantitative estimate of drug-likeness (QED) is 0.306. The van der Waals surface area contributed by atoms with E-state index >= 15 is 0 Å². The van der Waals surface area contributed by atoms with Gasteiger partial charge in [0.25, 0.3) is 5.88 Å². The van der Waals surface area contributed by atoms with Crippen LogP contribution < -0.4 is 10.4 Å². The Morgan fingerprint density at radius 2 is 1.89 bits per heavy atom. The molecule has 7 nitrogen and oxygen atoms in total. The van der Waals surface area contributed by atoms with Crippen LogP contribution in [0, 0.1) is 12.7 Å². The van der Waals surface area contributed by atoms with E-state index in [2.05, 4.69) is 4.98 Å². The van der Waals surface area contributed by atoms with Gasteiger partial charge < -0.3 is 13.9 Å². The van der Waals surface area contributed by atoms with Crippen LogP contribution in [-0.2, 0) is 24.2 Å². The lowest BCUT2D eigenvalue weighted by molar-refractivity contribution is 0.0242. The molecule has 3 heterocycles. The molecule has 2 aromatic carbocycles. The molecule has 0 saturated heterocycles. The van der Waals surface area contributed by atoms with Gasteiger partial charge >= 0.3 is 11.7 Å². The average Bonchev–Trinajstić information content (AvgIpc) is 3.26. The zero-order chi connectivity index (χ0) is 26.3. The second kappa shape index (κ2) is 9.35. The molecule has 4 aromatic rings. The van der Waals surface area contributed by atoms with Crippen LogP contribution in [0.3, 0.4) is 0 Å². The molecule has 1 aliphatic rings. The number of fused-ring (bicyclic) bond motifs is 2. The first-order chi connectivity index (χ1) is 17.6. The zero-order valence-corrected chi connectivity index (χ0v) is 21.1. The molecule has 0 fully saturated rings. The highest BCUT2D eigenvalue weighted by Crippen LogP contribution is 2.30. The monoisotopic (exact) mass is 502 g/mol. The molecular weight excluding hydrogens is 475 g/mol. The third-order valence-electron chi connectivity index (χ3n) is 6.22. The normalized spacial score (nSPS) is 13.1. The summed E-state index contributed by atoms with van der Waals surface area (Å²) in [6.07, 6.45) is 1.48. The fourth-order valence-electron chi connectivity index (χ4n) is 4.42. The van der Waals surface area contributed by atoms with Crippen LogP contribution in [0.2, 0.25) is 0 Å². The molecule has 0 spiro atoms. The molecule has 1 aliphatic heterocycles. The maximum Gasteiger partial charge on any atom is 0.410 e. The molecule has 2 aromatic heterocycles. The van der Waals surface area contributed by atoms with Crippen molar-refractivity contribution in [2.24, 2.45) is 0 Å². The first-order valence-electron chi connectivity index (χ1n) is 12.0. The summed E-state index contributed by atoms with van der Waals surface area (Å²) in [6.45, 7) is 8.37. The Balaban J connectivity index is 1.37. The van der Waals surface area contributed by atoms with Crippen molar-refractivity contribution in [3.63, 3.8) is 0 Å². The van der Waals surface area contributed by atoms with Gasteiger partial charge in [0.15, 0.2) is 5.82 Å². The lowest BCUT2D eigenvalue weighted by Crippen LogP contribution is -2.33. The standard InChI is InChI=1S/C29H27FN2O5/c1-17-22-10-9-21(35-26-24(30)6-5-11-31-26)14-25(22)36-27(33)23(17)13-18-7-8-19-15-32(16-20(19)12-18)28(34)37-29(2,3)4/h5-12,14H,13,15-16H2,1-4H3. The van der Waals surface area contributed by atoms with Gasteiger partial charge in [0, 0.05) is 42.7 Å². The summed E-state index contributed by atoms with van der Waals surface area (Å²) in [5, 5.41) is 0.765. The van der Waals surface area contributed by atoms with Crippen molar-refractivity contribution in [1.29, 1.82) is 0 Å². The second-order valence-corrected chi connectivity index (χ2v) is 10.2. The Bertz CT molecular complexity index is 1570. The minimum absolute atomic E-state index is 0.153. The Hall–Kier alpha value is -4.20. The number of carbonyl (C=O) groups excluding carboxylic acids is 1. The molecule has 8 heteroatoms. The summed E-state index contributed by atoms with van der Waals surface area (Å²) >= 11 is 0. The number of pyridine rings is 1. The van der Waals surface area contributed by atoms with Crippen LogP contribution >= 0.6 is 0 Å². The van der Waals surface area contributed by atoms with E-state index in [4.69, 9.17) is 13.9 Å². The SMILES string of the molecule is Cc1c(Cc2ccc3c(c2)CN(C(=O)OC(C)(C)C)C3)c(=O)oc2cc(Oc3ncccc3F)ccc12. The Morgan fingerprint density at radius 1 is 1.11 bits per heavy atom. The van der Waals surface area contributed by atoms with Crippen LogP contribution in [0.25, 0.3) is 11.0 Å². The fraction of sp³-hybridized carbons (Fsp3) is 0.276. The van der Waals surface area contributed by atoms with Crippen molar-refractivity contribution < 1.29 is 23.1 Å². The zero-order valence-electron chi connectivity index (χ0n) is 21.1. The molecule has 0 saturated carbocycles. The number of hydrogen-bond acceptors (Lipinski definition) is 6. The third kappa shape index (κ3) is 5.18. The first-order valence-corrected chi connectivity index (χ1v) is 12.0. The molecule has 0 radical (unpaired) electrons. The number of ether oxygens (including phenoxy) is 2. The summed E-state index contributed by atoms with van der Waals surface area (Å²) < 4.78 is 30.6. The molecule has 0 bridgehead atoms. The van der Waals surface area contributed by atoms with Crippen molar-refractivity contribution >= 4 is 17.1 Å². The van der Waals surface area contributed by atoms with Gasteiger partial charge in [-0.2, -0.15) is 0 Å². The molecule has 190 valence electrons. The summed E-state index contributed by atoms with van der Waals surface area (Å²) in [5.41, 5.74) is 3.76. The van der Waals surface area contributed by atoms with E-state index < -0.39 is 17.0 Å². The lowest BCUT2D eigenvalue weighted by atomic mass is 9.97. The van der Waals surface area contributed by atoms with Gasteiger partial charge in [-0.15, -0.1) is 0 Å². The highest BCUT2D eigenvalue weighted by Gasteiger charge is 2.28. The van der Waals surface area contributed by atoms with Crippen LogP contribution in [-0.4, -0.2) is 21.6 Å². The van der Waals surface area contributed by atoms with Gasteiger partial charge in [0.1, 0.15) is 16.9 Å². The van der Waals surface area contributed by atoms with E-state index in [1.54, 1.807) is 23.1 Å². The van der Waals surface area contributed by atoms with Crippen molar-refractivity contribution in [2.45, 2.75) is 52.8 Å². The number of carbonyl (C=O) groups is 1. The fourth-order valence-corrected chi connectivity index (χ4v) is 4.42. The molecule has 0 atom stereocenters. The number of aromatic nitrogens is 1. The van der Waals surface area contributed by atoms with Crippen molar-refractivity contribution in [3.05, 3.63) is 98.8 Å². The highest BCUT2D eigenvalue weighted by molar-refractivity contribution is 5.82. The second-order valence-electron chi connectivity index (χ2n) is 10.2. The molecule has 37 heavy (non-hydrogen) atoms. The summed E-state index contributed by atoms with van der Waals surface area (Å²) in [4.78, 5) is 31.0. The van der Waals surface area contributed by atoms with Gasteiger partial charge in [-0.1, -0.05) is 18.2 Å². The van der Waals surface area contributed by atoms with Gasteiger partial charge in [-0.3, -0.25) is 4.90 Å². The molecule has 1 amide bonds. The molecule has 0 N–H and O–H groups in total. The van der Waals surface area contributed by atoms with E-state index in [-0.39, 0.29) is 12.0 Å². The maximum absolute atomic E-state index is 13.9. The van der Waals surface area contributed by atoms with E-state index in [1.807, 2.05) is 45.9 Å². The molecule has 0 aliphatic carbocycles. The Labute approximate surface area is 213 Å². The molecular formula is C29H27FN2O5. The van der Waals surface area contributed by atoms with Crippen molar-refractivity contribution in [1.82, 2.24) is 9.88 Å². The van der Waals surface area contributed by atoms with Crippen LogP contribution in [0.1, 0.15) is 48.6 Å². The van der Waals surface area contributed by atoms with E-state index in [1.165, 1.54) is 18.3 Å². The van der Waals surface area contributed by atoms with Gasteiger partial charge in [-0.25, -0.2) is 19.0 Å². The summed E-state index contributed by atoms with van der Waals surface area (Å²) in [7, 11) is 0. The maximum atomic E-state index is 13.9. The molecule has 0 unspecified atom stereocenters. The minimum Gasteiger partial charge on any atom is -0.444 e. The minimum atomic E-state index is -0.584. The smallest absolute Gasteiger partial charge is 0.410 e. The topological polar surface area (TPSA) is 81.9 Å². The third-order valence-corrected chi connectivity index (χ3v) is 6.22. The average molecular weight is 503 g/mol. The number of halogens is 1. The summed E-state index contributed by atoms with van der Waals surface area (Å²) in [5.74, 6) is -0.424. The largest absolute Gasteiger partial charge is 0.444 e.